The molecule has 2 aromatic heterocycles. The Labute approximate surface area is 142 Å². The highest BCUT2D eigenvalue weighted by Gasteiger charge is 2.28. The Morgan fingerprint density at radius 2 is 2.12 bits per heavy atom. The molecule has 0 unspecified atom stereocenters. The Hall–Kier alpha value is -1.80. The first kappa shape index (κ1) is 17.0. The van der Waals surface area contributed by atoms with Crippen LogP contribution in [-0.2, 0) is 16.4 Å². The van der Waals surface area contributed by atoms with Crippen LogP contribution in [0.25, 0.3) is 11.4 Å². The molecule has 0 aliphatic carbocycles. The largest absolute Gasteiger partial charge is 0.261 e. The normalized spacial score (nSPS) is 19.2. The molecule has 7 nitrogen and oxygen atoms in total. The summed E-state index contributed by atoms with van der Waals surface area (Å²) in [6, 6.07) is 4.19. The van der Waals surface area contributed by atoms with E-state index in [1.54, 1.807) is 16.8 Å². The van der Waals surface area contributed by atoms with Gasteiger partial charge in [0.25, 0.3) is 0 Å². The lowest BCUT2D eigenvalue weighted by atomic mass is 10.0. The summed E-state index contributed by atoms with van der Waals surface area (Å²) in [7, 11) is -3.10. The predicted molar refractivity (Wildman–Crippen MR) is 91.9 cm³/mol. The number of rotatable bonds is 5. The first-order chi connectivity index (χ1) is 11.3. The maximum absolute atomic E-state index is 11.6. The van der Waals surface area contributed by atoms with Gasteiger partial charge in [0.05, 0.1) is 17.6 Å². The van der Waals surface area contributed by atoms with Gasteiger partial charge >= 0.3 is 0 Å². The van der Waals surface area contributed by atoms with Crippen molar-refractivity contribution in [2.75, 3.05) is 19.3 Å². The topological polar surface area (TPSA) is 81.0 Å². The van der Waals surface area contributed by atoms with E-state index in [1.165, 1.54) is 6.26 Å². The fraction of sp³-hybridized carbons (Fsp3) is 0.562. The van der Waals surface area contributed by atoms with Crippen molar-refractivity contribution in [1.29, 1.82) is 0 Å². The lowest BCUT2D eigenvalue weighted by molar-refractivity contribution is 0.459. The van der Waals surface area contributed by atoms with Crippen molar-refractivity contribution in [3.63, 3.8) is 0 Å². The third-order valence-corrected chi connectivity index (χ3v) is 5.63. The van der Waals surface area contributed by atoms with E-state index >= 15 is 0 Å². The summed E-state index contributed by atoms with van der Waals surface area (Å²) in [4.78, 5) is 8.74. The highest BCUT2D eigenvalue weighted by molar-refractivity contribution is 7.88. The van der Waals surface area contributed by atoms with Gasteiger partial charge < -0.3 is 0 Å². The van der Waals surface area contributed by atoms with E-state index in [0.717, 1.165) is 29.9 Å². The van der Waals surface area contributed by atoms with E-state index in [1.807, 2.05) is 16.8 Å². The molecule has 0 aromatic carbocycles. The van der Waals surface area contributed by atoms with Gasteiger partial charge in [-0.2, -0.15) is 5.10 Å². The van der Waals surface area contributed by atoms with E-state index in [-0.39, 0.29) is 6.04 Å². The minimum Gasteiger partial charge on any atom is -0.261 e. The second-order valence-electron chi connectivity index (χ2n) is 6.63. The van der Waals surface area contributed by atoms with Gasteiger partial charge in [-0.05, 0) is 44.7 Å². The Kier molecular flexibility index (Phi) is 4.69. The molecule has 0 saturated carbocycles. The molecule has 0 N–H and O–H groups in total. The van der Waals surface area contributed by atoms with Crippen molar-refractivity contribution in [3.8, 4) is 11.4 Å². The molecule has 1 saturated heterocycles. The second-order valence-corrected chi connectivity index (χ2v) is 8.61. The van der Waals surface area contributed by atoms with Crippen LogP contribution in [-0.4, -0.2) is 51.8 Å². The smallest absolute Gasteiger partial charge is 0.211 e. The number of sulfonamides is 1. The fourth-order valence-corrected chi connectivity index (χ4v) is 4.06. The van der Waals surface area contributed by atoms with E-state index in [4.69, 9.17) is 0 Å². The van der Waals surface area contributed by atoms with Crippen LogP contribution in [0.4, 0.5) is 0 Å². The maximum atomic E-state index is 11.6. The summed E-state index contributed by atoms with van der Waals surface area (Å²) in [6.07, 6.45) is 6.25. The summed E-state index contributed by atoms with van der Waals surface area (Å²) in [6.45, 7) is 5.33. The first-order valence-corrected chi connectivity index (χ1v) is 9.99. The molecule has 130 valence electrons. The lowest BCUT2D eigenvalue weighted by Gasteiger charge is -2.14. The fourth-order valence-electron chi connectivity index (χ4n) is 3.14. The molecular weight excluding hydrogens is 326 g/mol. The van der Waals surface area contributed by atoms with E-state index in [9.17, 15) is 8.42 Å². The Balaban J connectivity index is 1.76. The highest BCUT2D eigenvalue weighted by Crippen LogP contribution is 2.24. The van der Waals surface area contributed by atoms with Crippen molar-refractivity contribution >= 4 is 10.0 Å². The van der Waals surface area contributed by atoms with Gasteiger partial charge in [0.15, 0.2) is 0 Å². The van der Waals surface area contributed by atoms with Crippen LogP contribution in [0, 0.1) is 5.92 Å². The van der Waals surface area contributed by atoms with Gasteiger partial charge in [-0.15, -0.1) is 0 Å². The van der Waals surface area contributed by atoms with Crippen LogP contribution in [0.1, 0.15) is 32.0 Å². The van der Waals surface area contributed by atoms with Gasteiger partial charge in [0, 0.05) is 31.0 Å². The minimum absolute atomic E-state index is 0.256. The zero-order valence-corrected chi connectivity index (χ0v) is 15.1. The summed E-state index contributed by atoms with van der Waals surface area (Å²) in [5, 5.41) is 4.34. The molecule has 8 heteroatoms. The third-order valence-electron chi connectivity index (χ3n) is 4.36. The molecule has 1 aliphatic heterocycles. The molecule has 24 heavy (non-hydrogen) atoms. The van der Waals surface area contributed by atoms with Crippen molar-refractivity contribution < 1.29 is 8.42 Å². The van der Waals surface area contributed by atoms with E-state index in [0.29, 0.717) is 19.0 Å². The number of hydrogen-bond acceptors (Lipinski definition) is 5. The molecule has 3 rings (SSSR count). The Bertz CT molecular complexity index is 815. The maximum Gasteiger partial charge on any atom is 0.211 e. The van der Waals surface area contributed by atoms with Crippen molar-refractivity contribution in [1.82, 2.24) is 24.1 Å². The first-order valence-electron chi connectivity index (χ1n) is 8.14. The molecule has 3 heterocycles. The molecule has 1 fully saturated rings. The quantitative estimate of drug-likeness (QED) is 0.821. The van der Waals surface area contributed by atoms with Crippen LogP contribution in [0.5, 0.6) is 0 Å². The summed E-state index contributed by atoms with van der Waals surface area (Å²) < 4.78 is 26.8. The third kappa shape index (κ3) is 3.64. The monoisotopic (exact) mass is 349 g/mol. The number of hydrogen-bond donors (Lipinski definition) is 0. The molecule has 0 radical (unpaired) electrons. The lowest BCUT2D eigenvalue weighted by Crippen LogP contribution is -2.27. The van der Waals surface area contributed by atoms with Crippen molar-refractivity contribution in [2.45, 2.75) is 32.7 Å². The Morgan fingerprint density at radius 3 is 2.79 bits per heavy atom. The standard InChI is InChI=1S/C16H23N5O2S/c1-12(2)21-16(4-6-19-21)15-9-14(17-11-18-15)8-13-5-7-20(10-13)24(3,22)23/h4,6,9,11-13H,5,7-8,10H2,1-3H3/t13-/m1/s1. The number of nitrogens with zero attached hydrogens (tertiary/aromatic N) is 5. The van der Waals surface area contributed by atoms with Crippen LogP contribution in [0.2, 0.25) is 0 Å². The molecule has 0 amide bonds. The van der Waals surface area contributed by atoms with Crippen molar-refractivity contribution in [2.24, 2.45) is 5.92 Å². The molecule has 1 atom stereocenters. The zero-order valence-electron chi connectivity index (χ0n) is 14.3. The number of aromatic nitrogens is 4. The van der Waals surface area contributed by atoms with E-state index < -0.39 is 10.0 Å². The van der Waals surface area contributed by atoms with Gasteiger partial charge in [-0.25, -0.2) is 22.7 Å². The molecule has 0 spiro atoms. The van der Waals surface area contributed by atoms with Gasteiger partial charge in [-0.3, -0.25) is 4.68 Å². The SMILES string of the molecule is CC(C)n1nccc1-c1cc(C[C@H]2CCN(S(C)(=O)=O)C2)ncn1. The Morgan fingerprint density at radius 1 is 1.33 bits per heavy atom. The average Bonchev–Trinajstić information content (AvgIpc) is 3.15. The van der Waals surface area contributed by atoms with Gasteiger partial charge in [-0.1, -0.05) is 0 Å². The molecule has 1 aliphatic rings. The zero-order chi connectivity index (χ0) is 17.3. The molecular formula is C16H23N5O2S. The molecule has 2 aromatic rings. The minimum atomic E-state index is -3.10. The van der Waals surface area contributed by atoms with Gasteiger partial charge in [0.1, 0.15) is 6.33 Å². The summed E-state index contributed by atoms with van der Waals surface area (Å²) >= 11 is 0. The van der Waals surface area contributed by atoms with Crippen LogP contribution >= 0.6 is 0 Å². The van der Waals surface area contributed by atoms with Crippen molar-refractivity contribution in [3.05, 3.63) is 30.4 Å². The predicted octanol–water partition coefficient (Wildman–Crippen LogP) is 1.75. The van der Waals surface area contributed by atoms with Crippen LogP contribution < -0.4 is 0 Å². The second kappa shape index (κ2) is 6.60. The molecule has 0 bridgehead atoms. The van der Waals surface area contributed by atoms with Crippen LogP contribution in [0.3, 0.4) is 0 Å². The average molecular weight is 349 g/mol. The summed E-state index contributed by atoms with van der Waals surface area (Å²) in [5.74, 6) is 0.303. The van der Waals surface area contributed by atoms with Crippen LogP contribution in [0.15, 0.2) is 24.7 Å². The summed E-state index contributed by atoms with van der Waals surface area (Å²) in [5.41, 5.74) is 2.76. The van der Waals surface area contributed by atoms with Gasteiger partial charge in [0.2, 0.25) is 10.0 Å². The van der Waals surface area contributed by atoms with E-state index in [2.05, 4.69) is 28.9 Å². The highest BCUT2D eigenvalue weighted by atomic mass is 32.2.